The standard InChI is InChI=1S/C17H29N3O5S/c1-14(2)13-20(26(24,25)19(3)4)17(23,10-11-18-16(21)22)12-15-8-6-5-7-9-15/h5-9,14,18,23H,10-13H2,1-4H3,(H,21,22). The van der Waals surface area contributed by atoms with Crippen molar-refractivity contribution in [3.8, 4) is 0 Å². The summed E-state index contributed by atoms with van der Waals surface area (Å²) >= 11 is 0. The monoisotopic (exact) mass is 387 g/mol. The van der Waals surface area contributed by atoms with Gasteiger partial charge in [-0.05, 0) is 11.5 Å². The third-order valence-electron chi connectivity index (χ3n) is 3.87. The summed E-state index contributed by atoms with van der Waals surface area (Å²) in [4.78, 5) is 10.8. The van der Waals surface area contributed by atoms with Gasteiger partial charge in [0.05, 0.1) is 0 Å². The minimum absolute atomic E-state index is 0.0283. The van der Waals surface area contributed by atoms with Gasteiger partial charge in [-0.1, -0.05) is 44.2 Å². The number of amides is 1. The zero-order valence-corrected chi connectivity index (χ0v) is 16.5. The van der Waals surface area contributed by atoms with E-state index in [1.807, 2.05) is 19.9 Å². The second kappa shape index (κ2) is 9.31. The molecule has 0 bridgehead atoms. The molecular formula is C17H29N3O5S. The zero-order chi connectivity index (χ0) is 20.0. The highest BCUT2D eigenvalue weighted by molar-refractivity contribution is 7.86. The van der Waals surface area contributed by atoms with Crippen LogP contribution in [0.25, 0.3) is 0 Å². The summed E-state index contributed by atoms with van der Waals surface area (Å²) in [5, 5.41) is 22.4. The minimum Gasteiger partial charge on any atom is -0.465 e. The average Bonchev–Trinajstić information content (AvgIpc) is 2.52. The molecule has 0 aromatic heterocycles. The molecule has 0 aliphatic rings. The molecule has 3 N–H and O–H groups in total. The lowest BCUT2D eigenvalue weighted by molar-refractivity contribution is -0.0722. The lowest BCUT2D eigenvalue weighted by Gasteiger charge is -2.41. The summed E-state index contributed by atoms with van der Waals surface area (Å²) in [5.74, 6) is -0.0283. The minimum atomic E-state index is -3.92. The van der Waals surface area contributed by atoms with E-state index in [1.54, 1.807) is 24.3 Å². The summed E-state index contributed by atoms with van der Waals surface area (Å²) in [6.45, 7) is 3.75. The predicted molar refractivity (Wildman–Crippen MR) is 99.9 cm³/mol. The van der Waals surface area contributed by atoms with Crippen LogP contribution in [0.4, 0.5) is 4.79 Å². The number of nitrogens with zero attached hydrogens (tertiary/aromatic N) is 2. The fraction of sp³-hybridized carbons (Fsp3) is 0.588. The predicted octanol–water partition coefficient (Wildman–Crippen LogP) is 1.34. The highest BCUT2D eigenvalue weighted by Gasteiger charge is 2.43. The molecular weight excluding hydrogens is 358 g/mol. The van der Waals surface area contributed by atoms with E-state index in [0.29, 0.717) is 0 Å². The quantitative estimate of drug-likeness (QED) is 0.525. The maximum atomic E-state index is 12.9. The van der Waals surface area contributed by atoms with Crippen molar-refractivity contribution in [2.24, 2.45) is 5.92 Å². The van der Waals surface area contributed by atoms with Crippen molar-refractivity contribution in [2.45, 2.75) is 32.4 Å². The molecule has 9 heteroatoms. The molecule has 0 saturated carbocycles. The van der Waals surface area contributed by atoms with Gasteiger partial charge in [0, 0.05) is 40.0 Å². The van der Waals surface area contributed by atoms with Crippen molar-refractivity contribution >= 4 is 16.3 Å². The van der Waals surface area contributed by atoms with Crippen LogP contribution in [0.5, 0.6) is 0 Å². The van der Waals surface area contributed by atoms with Crippen LogP contribution in [0.1, 0.15) is 25.8 Å². The van der Waals surface area contributed by atoms with E-state index in [2.05, 4.69) is 5.32 Å². The Morgan fingerprint density at radius 3 is 2.27 bits per heavy atom. The molecule has 26 heavy (non-hydrogen) atoms. The molecule has 1 atom stereocenters. The number of benzene rings is 1. The topological polar surface area (TPSA) is 110 Å². The molecule has 0 heterocycles. The molecule has 0 aliphatic carbocycles. The van der Waals surface area contributed by atoms with Crippen LogP contribution in [0, 0.1) is 5.92 Å². The van der Waals surface area contributed by atoms with Crippen LogP contribution in [0.3, 0.4) is 0 Å². The molecule has 148 valence electrons. The Hall–Kier alpha value is -1.68. The van der Waals surface area contributed by atoms with Crippen LogP contribution < -0.4 is 5.32 Å². The molecule has 1 unspecified atom stereocenters. The van der Waals surface area contributed by atoms with Gasteiger partial charge in [0.25, 0.3) is 10.2 Å². The first-order valence-electron chi connectivity index (χ1n) is 8.42. The summed E-state index contributed by atoms with van der Waals surface area (Å²) < 4.78 is 27.8. The van der Waals surface area contributed by atoms with Gasteiger partial charge in [0.15, 0.2) is 0 Å². The second-order valence-corrected chi connectivity index (χ2v) is 8.91. The molecule has 0 spiro atoms. The van der Waals surface area contributed by atoms with E-state index in [0.717, 1.165) is 14.2 Å². The van der Waals surface area contributed by atoms with Crippen LogP contribution in [0.2, 0.25) is 0 Å². The highest BCUT2D eigenvalue weighted by Crippen LogP contribution is 2.27. The van der Waals surface area contributed by atoms with E-state index < -0.39 is 22.0 Å². The number of nitrogens with one attached hydrogen (secondary N) is 1. The van der Waals surface area contributed by atoms with Crippen LogP contribution >= 0.6 is 0 Å². The fourth-order valence-electron chi connectivity index (χ4n) is 2.60. The molecule has 1 aromatic carbocycles. The first-order chi connectivity index (χ1) is 12.0. The van der Waals surface area contributed by atoms with Gasteiger partial charge in [-0.2, -0.15) is 17.0 Å². The van der Waals surface area contributed by atoms with Gasteiger partial charge in [-0.25, -0.2) is 4.79 Å². The zero-order valence-electron chi connectivity index (χ0n) is 15.7. The number of hydrogen-bond acceptors (Lipinski definition) is 4. The normalized spacial score (nSPS) is 14.6. The van der Waals surface area contributed by atoms with Crippen LogP contribution in [0.15, 0.2) is 30.3 Å². The molecule has 1 aromatic rings. The van der Waals surface area contributed by atoms with E-state index in [4.69, 9.17) is 5.11 Å². The van der Waals surface area contributed by atoms with E-state index in [-0.39, 0.29) is 31.8 Å². The van der Waals surface area contributed by atoms with Gasteiger partial charge >= 0.3 is 6.09 Å². The number of carbonyl (C=O) groups is 1. The molecule has 0 radical (unpaired) electrons. The largest absolute Gasteiger partial charge is 0.465 e. The van der Waals surface area contributed by atoms with Crippen LogP contribution in [-0.4, -0.2) is 66.2 Å². The average molecular weight is 388 g/mol. The third kappa shape index (κ3) is 6.24. The lowest BCUT2D eigenvalue weighted by Crippen LogP contribution is -2.58. The van der Waals surface area contributed by atoms with E-state index in [9.17, 15) is 18.3 Å². The van der Waals surface area contributed by atoms with Crippen molar-refractivity contribution in [1.82, 2.24) is 13.9 Å². The summed E-state index contributed by atoms with van der Waals surface area (Å²) in [7, 11) is -1.11. The van der Waals surface area contributed by atoms with Gasteiger partial charge in [-0.15, -0.1) is 0 Å². The Bertz CT molecular complexity index is 679. The van der Waals surface area contributed by atoms with Gasteiger partial charge < -0.3 is 15.5 Å². The van der Waals surface area contributed by atoms with E-state index >= 15 is 0 Å². The number of hydrogen-bond donors (Lipinski definition) is 3. The first kappa shape index (κ1) is 22.4. The number of rotatable bonds is 10. The number of carboxylic acid groups (broad SMARTS) is 1. The highest BCUT2D eigenvalue weighted by atomic mass is 32.2. The SMILES string of the molecule is CC(C)CN(C(O)(CCNC(=O)O)Cc1ccccc1)S(=O)(=O)N(C)C. The molecule has 1 rings (SSSR count). The van der Waals surface area contributed by atoms with Gasteiger partial charge in [0.2, 0.25) is 0 Å². The van der Waals surface area contributed by atoms with Crippen LogP contribution in [-0.2, 0) is 16.6 Å². The Labute approximate surface area is 155 Å². The first-order valence-corrected chi connectivity index (χ1v) is 9.82. The fourth-order valence-corrected chi connectivity index (χ4v) is 4.07. The molecule has 0 saturated heterocycles. The molecule has 8 nitrogen and oxygen atoms in total. The maximum absolute atomic E-state index is 12.9. The molecule has 1 amide bonds. The lowest BCUT2D eigenvalue weighted by atomic mass is 9.98. The smallest absolute Gasteiger partial charge is 0.404 e. The maximum Gasteiger partial charge on any atom is 0.404 e. The molecule has 0 aliphatic heterocycles. The Morgan fingerprint density at radius 1 is 1.23 bits per heavy atom. The second-order valence-electron chi connectivity index (χ2n) is 6.84. The molecule has 0 fully saturated rings. The van der Waals surface area contributed by atoms with Gasteiger partial charge in [0.1, 0.15) is 5.72 Å². The summed E-state index contributed by atoms with van der Waals surface area (Å²) in [6.07, 6.45) is -1.25. The Morgan fingerprint density at radius 2 is 1.81 bits per heavy atom. The number of aliphatic hydroxyl groups is 1. The third-order valence-corrected chi connectivity index (χ3v) is 5.84. The Balaban J connectivity index is 3.28. The van der Waals surface area contributed by atoms with Crippen molar-refractivity contribution in [2.75, 3.05) is 27.2 Å². The Kier molecular flexibility index (Phi) is 8.01. The van der Waals surface area contributed by atoms with Crippen molar-refractivity contribution in [3.63, 3.8) is 0 Å². The van der Waals surface area contributed by atoms with Crippen molar-refractivity contribution in [3.05, 3.63) is 35.9 Å². The van der Waals surface area contributed by atoms with Crippen molar-refractivity contribution < 1.29 is 23.4 Å². The van der Waals surface area contributed by atoms with Crippen molar-refractivity contribution in [1.29, 1.82) is 0 Å². The summed E-state index contributed by atoms with van der Waals surface area (Å²) in [6, 6.07) is 9.03. The summed E-state index contributed by atoms with van der Waals surface area (Å²) in [5.41, 5.74) is -1.01. The van der Waals surface area contributed by atoms with E-state index in [1.165, 1.54) is 14.1 Å². The van der Waals surface area contributed by atoms with Gasteiger partial charge in [-0.3, -0.25) is 0 Å².